The zero-order valence-corrected chi connectivity index (χ0v) is 18.1. The van der Waals surface area contributed by atoms with Gasteiger partial charge >= 0.3 is 0 Å². The molecule has 1 heterocycles. The van der Waals surface area contributed by atoms with Crippen LogP contribution in [0.3, 0.4) is 0 Å². The highest BCUT2D eigenvalue weighted by atomic mass is 35.5. The maximum absolute atomic E-state index is 11.5. The molecule has 1 atom stereocenters. The van der Waals surface area contributed by atoms with Gasteiger partial charge in [0.2, 0.25) is 0 Å². The van der Waals surface area contributed by atoms with E-state index in [9.17, 15) is 9.90 Å². The van der Waals surface area contributed by atoms with Gasteiger partial charge in [0.05, 0.1) is 12.8 Å². The zero-order chi connectivity index (χ0) is 21.5. The van der Waals surface area contributed by atoms with Crippen LogP contribution in [0.1, 0.15) is 28.6 Å². The summed E-state index contributed by atoms with van der Waals surface area (Å²) in [5.41, 5.74) is 1.47. The molecule has 158 valence electrons. The summed E-state index contributed by atoms with van der Waals surface area (Å²) in [6.07, 6.45) is 0.858. The molecular weight excluding hydrogens is 425 g/mol. The molecule has 0 saturated heterocycles. The van der Waals surface area contributed by atoms with Crippen LogP contribution in [0.15, 0.2) is 65.3 Å². The van der Waals surface area contributed by atoms with Crippen molar-refractivity contribution in [1.82, 2.24) is 4.90 Å². The second-order valence-corrected chi connectivity index (χ2v) is 7.88. The van der Waals surface area contributed by atoms with Crippen LogP contribution in [0, 0.1) is 0 Å². The van der Waals surface area contributed by atoms with Crippen molar-refractivity contribution >= 4 is 29.0 Å². The molecule has 0 spiro atoms. The van der Waals surface area contributed by atoms with Crippen LogP contribution in [0.2, 0.25) is 10.0 Å². The predicted molar refractivity (Wildman–Crippen MR) is 117 cm³/mol. The van der Waals surface area contributed by atoms with Crippen LogP contribution in [0.5, 0.6) is 5.75 Å². The topological polar surface area (TPSA) is 62.9 Å². The number of hydrogen-bond acceptors (Lipinski definition) is 5. The Bertz CT molecular complexity index is 975. The second-order valence-electron chi connectivity index (χ2n) is 7.03. The van der Waals surface area contributed by atoms with Gasteiger partial charge in [-0.3, -0.25) is 9.69 Å². The first-order chi connectivity index (χ1) is 14.4. The van der Waals surface area contributed by atoms with Gasteiger partial charge in [-0.25, -0.2) is 0 Å². The van der Waals surface area contributed by atoms with Crippen molar-refractivity contribution < 1.29 is 19.1 Å². The van der Waals surface area contributed by atoms with E-state index in [0.717, 1.165) is 11.3 Å². The van der Waals surface area contributed by atoms with E-state index >= 15 is 0 Å². The molecule has 3 rings (SSSR count). The summed E-state index contributed by atoms with van der Waals surface area (Å²) < 4.78 is 11.1. The number of halogens is 2. The summed E-state index contributed by atoms with van der Waals surface area (Å²) in [5, 5.41) is 11.7. The number of aliphatic hydroxyl groups excluding tert-OH is 1. The zero-order valence-electron chi connectivity index (χ0n) is 16.6. The monoisotopic (exact) mass is 447 g/mol. The van der Waals surface area contributed by atoms with E-state index in [1.54, 1.807) is 42.7 Å². The summed E-state index contributed by atoms with van der Waals surface area (Å²) >= 11 is 12.3. The SMILES string of the molecule is CC(=O)c1cccc(OCC(O)CN(Cc2ccco2)Cc2ccc(Cl)cc2Cl)c1. The molecule has 0 aliphatic carbocycles. The lowest BCUT2D eigenvalue weighted by molar-refractivity contribution is 0.0604. The number of benzene rings is 2. The largest absolute Gasteiger partial charge is 0.491 e. The average molecular weight is 448 g/mol. The van der Waals surface area contributed by atoms with E-state index < -0.39 is 6.10 Å². The number of aliphatic hydroxyl groups is 1. The minimum Gasteiger partial charge on any atom is -0.491 e. The molecule has 1 aromatic heterocycles. The molecule has 0 saturated carbocycles. The highest BCUT2D eigenvalue weighted by molar-refractivity contribution is 6.35. The van der Waals surface area contributed by atoms with E-state index in [1.807, 2.05) is 23.1 Å². The predicted octanol–water partition coefficient (Wildman–Crippen LogP) is 5.23. The number of Topliss-reactive ketones (excluding diaryl/α,β-unsaturated/α-hetero) is 1. The Morgan fingerprint density at radius 1 is 1.13 bits per heavy atom. The molecule has 0 fully saturated rings. The molecule has 1 unspecified atom stereocenters. The second kappa shape index (κ2) is 10.6. The number of ketones is 1. The van der Waals surface area contributed by atoms with Crippen molar-refractivity contribution in [3.8, 4) is 5.75 Å². The van der Waals surface area contributed by atoms with E-state index in [0.29, 0.717) is 41.0 Å². The van der Waals surface area contributed by atoms with E-state index in [1.165, 1.54) is 6.92 Å². The normalized spacial score (nSPS) is 12.2. The van der Waals surface area contributed by atoms with Crippen LogP contribution in [-0.2, 0) is 13.1 Å². The molecule has 5 nitrogen and oxygen atoms in total. The fourth-order valence-corrected chi connectivity index (χ4v) is 3.52. The van der Waals surface area contributed by atoms with Crippen molar-refractivity contribution in [1.29, 1.82) is 0 Å². The van der Waals surface area contributed by atoms with Crippen molar-refractivity contribution in [3.63, 3.8) is 0 Å². The van der Waals surface area contributed by atoms with Crippen LogP contribution >= 0.6 is 23.2 Å². The molecule has 0 aliphatic heterocycles. The number of hydrogen-bond donors (Lipinski definition) is 1. The van der Waals surface area contributed by atoms with Crippen molar-refractivity contribution in [2.75, 3.05) is 13.2 Å². The van der Waals surface area contributed by atoms with Gasteiger partial charge in [-0.1, -0.05) is 41.4 Å². The maximum Gasteiger partial charge on any atom is 0.159 e. The standard InChI is InChI=1S/C23H23Cl2NO4/c1-16(27)17-4-2-5-21(10-17)30-15-20(28)13-26(14-22-6-3-9-29-22)12-18-7-8-19(24)11-23(18)25/h2-11,20,28H,12-15H2,1H3. The average Bonchev–Trinajstić information content (AvgIpc) is 3.21. The van der Waals surface area contributed by atoms with Crippen LogP contribution in [0.4, 0.5) is 0 Å². The van der Waals surface area contributed by atoms with Crippen LogP contribution < -0.4 is 4.74 Å². The van der Waals surface area contributed by atoms with Gasteiger partial charge in [-0.05, 0) is 48.9 Å². The Morgan fingerprint density at radius 2 is 1.97 bits per heavy atom. The van der Waals surface area contributed by atoms with E-state index in [4.69, 9.17) is 32.4 Å². The molecule has 0 radical (unpaired) electrons. The Morgan fingerprint density at radius 3 is 2.67 bits per heavy atom. The third-order valence-corrected chi connectivity index (χ3v) is 5.11. The quantitative estimate of drug-likeness (QED) is 0.431. The fraction of sp³-hybridized carbons (Fsp3) is 0.261. The number of furan rings is 1. The van der Waals surface area contributed by atoms with Gasteiger partial charge < -0.3 is 14.3 Å². The highest BCUT2D eigenvalue weighted by Crippen LogP contribution is 2.23. The van der Waals surface area contributed by atoms with Gasteiger partial charge in [0, 0.05) is 28.7 Å². The molecule has 0 amide bonds. The lowest BCUT2D eigenvalue weighted by Gasteiger charge is -2.25. The van der Waals surface area contributed by atoms with Crippen molar-refractivity contribution in [2.45, 2.75) is 26.1 Å². The molecule has 7 heteroatoms. The molecule has 3 aromatic rings. The van der Waals surface area contributed by atoms with Crippen LogP contribution in [-0.4, -0.2) is 35.0 Å². The van der Waals surface area contributed by atoms with Gasteiger partial charge in [0.1, 0.15) is 24.2 Å². The van der Waals surface area contributed by atoms with Crippen molar-refractivity contribution in [2.24, 2.45) is 0 Å². The van der Waals surface area contributed by atoms with E-state index in [-0.39, 0.29) is 12.4 Å². The smallest absolute Gasteiger partial charge is 0.159 e. The Hall–Kier alpha value is -2.31. The third kappa shape index (κ3) is 6.61. The summed E-state index contributed by atoms with van der Waals surface area (Å²) in [5.74, 6) is 1.29. The molecule has 0 bridgehead atoms. The van der Waals surface area contributed by atoms with Gasteiger partial charge in [-0.15, -0.1) is 0 Å². The summed E-state index contributed by atoms with van der Waals surface area (Å²) in [6, 6.07) is 16.0. The highest BCUT2D eigenvalue weighted by Gasteiger charge is 2.16. The number of rotatable bonds is 10. The lowest BCUT2D eigenvalue weighted by atomic mass is 10.1. The maximum atomic E-state index is 11.5. The Kier molecular flexibility index (Phi) is 7.94. The number of ether oxygens (including phenoxy) is 1. The number of carbonyl (C=O) groups excluding carboxylic acids is 1. The minimum atomic E-state index is -0.757. The Labute approximate surface area is 185 Å². The molecule has 30 heavy (non-hydrogen) atoms. The lowest BCUT2D eigenvalue weighted by Crippen LogP contribution is -2.35. The summed E-state index contributed by atoms with van der Waals surface area (Å²) in [7, 11) is 0. The first kappa shape index (κ1) is 22.4. The molecular formula is C23H23Cl2NO4. The number of carbonyl (C=O) groups is 1. The third-order valence-electron chi connectivity index (χ3n) is 4.52. The van der Waals surface area contributed by atoms with Gasteiger partial charge in [0.25, 0.3) is 0 Å². The van der Waals surface area contributed by atoms with Crippen molar-refractivity contribution in [3.05, 3.63) is 87.8 Å². The summed E-state index contributed by atoms with van der Waals surface area (Å²) in [6.45, 7) is 2.94. The minimum absolute atomic E-state index is 0.0366. The number of nitrogens with zero attached hydrogens (tertiary/aromatic N) is 1. The van der Waals surface area contributed by atoms with Gasteiger partial charge in [0.15, 0.2) is 5.78 Å². The first-order valence-electron chi connectivity index (χ1n) is 9.51. The molecule has 1 N–H and O–H groups in total. The van der Waals surface area contributed by atoms with E-state index in [2.05, 4.69) is 0 Å². The molecule has 0 aliphatic rings. The molecule has 2 aromatic carbocycles. The first-order valence-corrected chi connectivity index (χ1v) is 10.3. The van der Waals surface area contributed by atoms with Gasteiger partial charge in [-0.2, -0.15) is 0 Å². The van der Waals surface area contributed by atoms with Crippen LogP contribution in [0.25, 0.3) is 0 Å². The fourth-order valence-electron chi connectivity index (χ4n) is 3.05. The Balaban J connectivity index is 1.64. The summed E-state index contributed by atoms with van der Waals surface area (Å²) in [4.78, 5) is 13.5.